The van der Waals surface area contributed by atoms with Crippen LogP contribution in [0.3, 0.4) is 0 Å². The number of aliphatic hydroxyl groups is 1. The molecule has 0 saturated carbocycles. The molecule has 17 heavy (non-hydrogen) atoms. The van der Waals surface area contributed by atoms with Crippen LogP contribution >= 0.6 is 0 Å². The minimum absolute atomic E-state index is 0.524. The molecule has 1 heterocycles. The van der Waals surface area contributed by atoms with E-state index >= 15 is 0 Å². The van der Waals surface area contributed by atoms with E-state index in [1.807, 2.05) is 19.1 Å². The second-order valence-corrected chi connectivity index (χ2v) is 5.07. The average Bonchev–Trinajstić information content (AvgIpc) is 2.34. The normalized spacial score (nSPS) is 27.1. The van der Waals surface area contributed by atoms with Gasteiger partial charge in [0.1, 0.15) is 0 Å². The number of nitrogens with zero attached hydrogens (tertiary/aromatic N) is 1. The summed E-state index contributed by atoms with van der Waals surface area (Å²) in [5.41, 5.74) is -0.565. The molecule has 1 aliphatic rings. The Bertz CT molecular complexity index is 448. The molecule has 1 atom stereocenters. The van der Waals surface area contributed by atoms with Gasteiger partial charge >= 0.3 is 6.09 Å². The Morgan fingerprint density at radius 2 is 1.71 bits per heavy atom. The summed E-state index contributed by atoms with van der Waals surface area (Å²) in [6, 6.07) is 7.38. The van der Waals surface area contributed by atoms with E-state index in [0.717, 1.165) is 5.56 Å². The molecule has 0 spiro atoms. The SMILES string of the molecule is Cc1ccc(N2C(=O)OC(C)(C)[C@]2(C)O)cc1. The highest BCUT2D eigenvalue weighted by Crippen LogP contribution is 2.40. The van der Waals surface area contributed by atoms with Gasteiger partial charge in [-0.3, -0.25) is 0 Å². The minimum Gasteiger partial charge on any atom is -0.438 e. The maximum atomic E-state index is 11.8. The topological polar surface area (TPSA) is 49.8 Å². The van der Waals surface area contributed by atoms with Crippen molar-refractivity contribution in [3.8, 4) is 0 Å². The van der Waals surface area contributed by atoms with Crippen LogP contribution in [-0.2, 0) is 4.74 Å². The van der Waals surface area contributed by atoms with Crippen molar-refractivity contribution >= 4 is 11.8 Å². The highest BCUT2D eigenvalue weighted by atomic mass is 16.6. The molecular weight excluding hydrogens is 218 g/mol. The molecule has 4 nitrogen and oxygen atoms in total. The molecule has 0 radical (unpaired) electrons. The number of carbonyl (C=O) groups is 1. The molecule has 1 saturated heterocycles. The zero-order chi connectivity index (χ0) is 12.8. The van der Waals surface area contributed by atoms with Crippen molar-refractivity contribution in [2.45, 2.75) is 39.0 Å². The van der Waals surface area contributed by atoms with E-state index in [0.29, 0.717) is 5.69 Å². The van der Waals surface area contributed by atoms with E-state index in [1.165, 1.54) is 4.90 Å². The van der Waals surface area contributed by atoms with Crippen LogP contribution in [0.25, 0.3) is 0 Å². The van der Waals surface area contributed by atoms with Gasteiger partial charge in [0.15, 0.2) is 11.3 Å². The van der Waals surface area contributed by atoms with E-state index in [9.17, 15) is 9.90 Å². The molecule has 0 aliphatic carbocycles. The predicted octanol–water partition coefficient (Wildman–Crippen LogP) is 2.44. The smallest absolute Gasteiger partial charge is 0.417 e. The van der Waals surface area contributed by atoms with Gasteiger partial charge in [-0.05, 0) is 39.8 Å². The number of aryl methyl sites for hydroxylation is 1. The number of ether oxygens (including phenoxy) is 1. The second kappa shape index (κ2) is 3.47. The fourth-order valence-corrected chi connectivity index (χ4v) is 1.86. The zero-order valence-electron chi connectivity index (χ0n) is 10.5. The van der Waals surface area contributed by atoms with E-state index in [-0.39, 0.29) is 0 Å². The van der Waals surface area contributed by atoms with Crippen molar-refractivity contribution in [2.75, 3.05) is 4.90 Å². The lowest BCUT2D eigenvalue weighted by Crippen LogP contribution is -2.53. The summed E-state index contributed by atoms with van der Waals surface area (Å²) in [5, 5.41) is 10.5. The first kappa shape index (κ1) is 11.9. The van der Waals surface area contributed by atoms with E-state index in [1.54, 1.807) is 32.9 Å². The standard InChI is InChI=1S/C13H17NO3/c1-9-5-7-10(8-6-9)14-11(15)17-12(2,3)13(14,4)16/h5-8,16H,1-4H3/t13-/m0/s1. The zero-order valence-corrected chi connectivity index (χ0v) is 10.5. The largest absolute Gasteiger partial charge is 0.438 e. The van der Waals surface area contributed by atoms with Crippen LogP contribution in [0.5, 0.6) is 0 Å². The number of rotatable bonds is 1. The fourth-order valence-electron chi connectivity index (χ4n) is 1.86. The van der Waals surface area contributed by atoms with Gasteiger partial charge < -0.3 is 9.84 Å². The Morgan fingerprint density at radius 3 is 2.12 bits per heavy atom. The van der Waals surface area contributed by atoms with Crippen LogP contribution < -0.4 is 4.90 Å². The van der Waals surface area contributed by atoms with Crippen molar-refractivity contribution < 1.29 is 14.6 Å². The lowest BCUT2D eigenvalue weighted by Gasteiger charge is -2.34. The van der Waals surface area contributed by atoms with Crippen LogP contribution in [0, 0.1) is 6.92 Å². The molecule has 1 fully saturated rings. The Balaban J connectivity index is 2.45. The first-order valence-corrected chi connectivity index (χ1v) is 5.58. The lowest BCUT2D eigenvalue weighted by atomic mass is 9.95. The van der Waals surface area contributed by atoms with Crippen molar-refractivity contribution in [3.63, 3.8) is 0 Å². The first-order valence-electron chi connectivity index (χ1n) is 5.58. The van der Waals surface area contributed by atoms with Crippen LogP contribution in [0.4, 0.5) is 10.5 Å². The maximum Gasteiger partial charge on any atom is 0.417 e. The van der Waals surface area contributed by atoms with Crippen molar-refractivity contribution in [1.29, 1.82) is 0 Å². The summed E-state index contributed by atoms with van der Waals surface area (Å²) in [5.74, 6) is 0. The number of carbonyl (C=O) groups excluding carboxylic acids is 1. The number of amides is 1. The van der Waals surface area contributed by atoms with E-state index in [2.05, 4.69) is 0 Å². The number of cyclic esters (lactones) is 1. The van der Waals surface area contributed by atoms with Gasteiger partial charge in [-0.15, -0.1) is 0 Å². The highest BCUT2D eigenvalue weighted by molar-refractivity contribution is 5.92. The molecule has 0 bridgehead atoms. The van der Waals surface area contributed by atoms with Gasteiger partial charge in [0.25, 0.3) is 0 Å². The van der Waals surface area contributed by atoms with Gasteiger partial charge in [-0.25, -0.2) is 9.69 Å². The molecule has 4 heteroatoms. The maximum absolute atomic E-state index is 11.8. The minimum atomic E-state index is -1.36. The monoisotopic (exact) mass is 235 g/mol. The number of anilines is 1. The molecule has 1 N–H and O–H groups in total. The third kappa shape index (κ3) is 1.69. The van der Waals surface area contributed by atoms with Gasteiger partial charge in [0.2, 0.25) is 0 Å². The fraction of sp³-hybridized carbons (Fsp3) is 0.462. The highest BCUT2D eigenvalue weighted by Gasteiger charge is 2.57. The van der Waals surface area contributed by atoms with Crippen molar-refractivity contribution in [1.82, 2.24) is 0 Å². The molecule has 1 aliphatic heterocycles. The molecule has 2 rings (SSSR count). The molecule has 0 unspecified atom stereocenters. The summed E-state index contributed by atoms with van der Waals surface area (Å²) in [4.78, 5) is 13.1. The summed E-state index contributed by atoms with van der Waals surface area (Å²) in [6.07, 6.45) is -0.524. The summed E-state index contributed by atoms with van der Waals surface area (Å²) >= 11 is 0. The summed E-state index contributed by atoms with van der Waals surface area (Å²) in [6.45, 7) is 6.93. The third-order valence-corrected chi connectivity index (χ3v) is 3.39. The molecule has 1 aromatic carbocycles. The molecule has 1 aromatic rings. The lowest BCUT2D eigenvalue weighted by molar-refractivity contribution is -0.0723. The predicted molar refractivity (Wildman–Crippen MR) is 64.8 cm³/mol. The van der Waals surface area contributed by atoms with Crippen LogP contribution in [-0.4, -0.2) is 22.5 Å². The van der Waals surface area contributed by atoms with Crippen molar-refractivity contribution in [2.24, 2.45) is 0 Å². The third-order valence-electron chi connectivity index (χ3n) is 3.39. The second-order valence-electron chi connectivity index (χ2n) is 5.07. The van der Waals surface area contributed by atoms with Gasteiger partial charge in [0, 0.05) is 0 Å². The average molecular weight is 235 g/mol. The molecular formula is C13H17NO3. The Hall–Kier alpha value is -1.55. The van der Waals surface area contributed by atoms with E-state index in [4.69, 9.17) is 4.74 Å². The number of hydrogen-bond donors (Lipinski definition) is 1. The van der Waals surface area contributed by atoms with Crippen molar-refractivity contribution in [3.05, 3.63) is 29.8 Å². The summed E-state index contributed by atoms with van der Waals surface area (Å²) < 4.78 is 5.20. The number of benzene rings is 1. The van der Waals surface area contributed by atoms with Gasteiger partial charge in [-0.2, -0.15) is 0 Å². The Labute approximate surface area is 101 Å². The Morgan fingerprint density at radius 1 is 1.18 bits per heavy atom. The van der Waals surface area contributed by atoms with Crippen LogP contribution in [0.15, 0.2) is 24.3 Å². The van der Waals surface area contributed by atoms with Gasteiger partial charge in [0.05, 0.1) is 5.69 Å². The van der Waals surface area contributed by atoms with Crippen LogP contribution in [0.2, 0.25) is 0 Å². The van der Waals surface area contributed by atoms with Gasteiger partial charge in [-0.1, -0.05) is 17.7 Å². The molecule has 1 amide bonds. The molecule has 92 valence electrons. The Kier molecular flexibility index (Phi) is 2.43. The molecule has 0 aromatic heterocycles. The van der Waals surface area contributed by atoms with E-state index < -0.39 is 17.4 Å². The first-order chi connectivity index (χ1) is 7.75. The number of hydrogen-bond acceptors (Lipinski definition) is 3. The summed E-state index contributed by atoms with van der Waals surface area (Å²) in [7, 11) is 0. The van der Waals surface area contributed by atoms with Crippen LogP contribution in [0.1, 0.15) is 26.3 Å². The quantitative estimate of drug-likeness (QED) is 0.813.